The number of urea groups is 1. The van der Waals surface area contributed by atoms with E-state index >= 15 is 0 Å². The topological polar surface area (TPSA) is 85.0 Å². The molecule has 0 bridgehead atoms. The van der Waals surface area contributed by atoms with Crippen molar-refractivity contribution >= 4 is 11.7 Å². The summed E-state index contributed by atoms with van der Waals surface area (Å²) in [5.74, 6) is 0.907. The smallest absolute Gasteiger partial charge is 0.319 e. The lowest BCUT2D eigenvalue weighted by Gasteiger charge is -2.13. The van der Waals surface area contributed by atoms with E-state index in [9.17, 15) is 4.79 Å². The molecule has 3 aromatic rings. The number of carbonyl (C=O) groups excluding carboxylic acids is 1. The second-order valence-electron chi connectivity index (χ2n) is 6.00. The summed E-state index contributed by atoms with van der Waals surface area (Å²) in [4.78, 5) is 16.3. The van der Waals surface area contributed by atoms with Crippen LogP contribution in [0.4, 0.5) is 10.5 Å². The molecule has 7 heteroatoms. The van der Waals surface area contributed by atoms with Crippen LogP contribution in [-0.2, 0) is 6.54 Å². The first kappa shape index (κ1) is 16.8. The molecule has 0 spiro atoms. The number of hydrogen-bond acceptors (Lipinski definition) is 4. The van der Waals surface area contributed by atoms with Gasteiger partial charge in [-0.25, -0.2) is 9.78 Å². The second-order valence-corrected chi connectivity index (χ2v) is 6.00. The van der Waals surface area contributed by atoms with Crippen LogP contribution >= 0.6 is 0 Å². The number of nitrogens with zero attached hydrogens (tertiary/aromatic N) is 3. The number of hydrogen-bond donors (Lipinski definition) is 2. The summed E-state index contributed by atoms with van der Waals surface area (Å²) >= 11 is 0. The van der Waals surface area contributed by atoms with Crippen molar-refractivity contribution < 1.29 is 9.21 Å². The zero-order valence-corrected chi connectivity index (χ0v) is 14.3. The number of anilines is 1. The minimum absolute atomic E-state index is 0.225. The number of aryl methyl sites for hydroxylation is 1. The molecule has 0 aliphatic carbocycles. The third kappa shape index (κ3) is 4.69. The summed E-state index contributed by atoms with van der Waals surface area (Å²) in [7, 11) is 0. The molecule has 2 heterocycles. The second kappa shape index (κ2) is 7.65. The molecule has 2 N–H and O–H groups in total. The Hall–Kier alpha value is -3.09. The van der Waals surface area contributed by atoms with Gasteiger partial charge >= 0.3 is 6.03 Å². The van der Waals surface area contributed by atoms with Crippen LogP contribution in [0.2, 0.25) is 0 Å². The van der Waals surface area contributed by atoms with E-state index in [-0.39, 0.29) is 11.9 Å². The normalized spacial score (nSPS) is 11.9. The van der Waals surface area contributed by atoms with Gasteiger partial charge in [0.15, 0.2) is 5.89 Å². The highest BCUT2D eigenvalue weighted by atomic mass is 16.3. The lowest BCUT2D eigenvalue weighted by atomic mass is 10.1. The number of aromatic nitrogens is 3. The summed E-state index contributed by atoms with van der Waals surface area (Å²) in [5.41, 5.74) is 2.44. The fraction of sp³-hybridized carbons (Fsp3) is 0.278. The first-order chi connectivity index (χ1) is 12.1. The van der Waals surface area contributed by atoms with E-state index < -0.39 is 0 Å². The Bertz CT molecular complexity index is 808. The van der Waals surface area contributed by atoms with Crippen LogP contribution < -0.4 is 10.6 Å². The number of nitrogens with one attached hydrogen (secondary N) is 2. The van der Waals surface area contributed by atoms with E-state index in [2.05, 4.69) is 27.6 Å². The maximum absolute atomic E-state index is 12.0. The minimum atomic E-state index is -0.225. The van der Waals surface area contributed by atoms with Gasteiger partial charge in [-0.05, 0) is 24.1 Å². The highest BCUT2D eigenvalue weighted by molar-refractivity contribution is 5.89. The molecule has 2 aromatic heterocycles. The number of amides is 2. The van der Waals surface area contributed by atoms with Gasteiger partial charge in [0.25, 0.3) is 0 Å². The van der Waals surface area contributed by atoms with Crippen molar-refractivity contribution in [2.75, 3.05) is 11.9 Å². The van der Waals surface area contributed by atoms with Crippen molar-refractivity contribution in [3.05, 3.63) is 54.9 Å². The first-order valence-electron chi connectivity index (χ1n) is 8.15. The molecule has 0 aliphatic heterocycles. The number of benzene rings is 1. The lowest BCUT2D eigenvalue weighted by molar-refractivity contribution is 0.249. The standard InChI is InChI=1S/C18H21N5O2/c1-13(11-23-9-3-8-20-23)10-19-18(24)22-16-6-4-15(5-7-16)17-12-25-14(2)21-17/h3-9,12-13H,10-11H2,1-2H3,(H2,19,22,24)/t13-/m1/s1. The molecule has 0 saturated heterocycles. The van der Waals surface area contributed by atoms with Gasteiger partial charge in [0.2, 0.25) is 0 Å². The van der Waals surface area contributed by atoms with Crippen molar-refractivity contribution in [3.63, 3.8) is 0 Å². The van der Waals surface area contributed by atoms with Crippen LogP contribution in [0.3, 0.4) is 0 Å². The Morgan fingerprint density at radius 1 is 1.32 bits per heavy atom. The molecule has 0 saturated carbocycles. The van der Waals surface area contributed by atoms with Crippen LogP contribution in [0, 0.1) is 12.8 Å². The van der Waals surface area contributed by atoms with Gasteiger partial charge in [-0.15, -0.1) is 0 Å². The molecule has 2 amide bonds. The number of carbonyl (C=O) groups is 1. The highest BCUT2D eigenvalue weighted by Crippen LogP contribution is 2.20. The lowest BCUT2D eigenvalue weighted by Crippen LogP contribution is -2.33. The number of oxazole rings is 1. The van der Waals surface area contributed by atoms with E-state index in [0.29, 0.717) is 12.4 Å². The predicted molar refractivity (Wildman–Crippen MR) is 95.1 cm³/mol. The van der Waals surface area contributed by atoms with Crippen LogP contribution in [-0.4, -0.2) is 27.3 Å². The Morgan fingerprint density at radius 2 is 2.12 bits per heavy atom. The molecule has 3 rings (SSSR count). The zero-order chi connectivity index (χ0) is 17.6. The van der Waals surface area contributed by atoms with E-state index in [1.807, 2.05) is 41.2 Å². The molecule has 130 valence electrons. The van der Waals surface area contributed by atoms with E-state index in [0.717, 1.165) is 23.5 Å². The van der Waals surface area contributed by atoms with Crippen molar-refractivity contribution in [1.29, 1.82) is 0 Å². The van der Waals surface area contributed by atoms with Gasteiger partial charge < -0.3 is 15.1 Å². The largest absolute Gasteiger partial charge is 0.449 e. The first-order valence-corrected chi connectivity index (χ1v) is 8.15. The van der Waals surface area contributed by atoms with E-state index in [1.54, 1.807) is 19.4 Å². The van der Waals surface area contributed by atoms with Crippen molar-refractivity contribution in [3.8, 4) is 11.3 Å². The summed E-state index contributed by atoms with van der Waals surface area (Å²) in [6.45, 7) is 5.20. The number of rotatable bonds is 6. The van der Waals surface area contributed by atoms with Crippen molar-refractivity contribution in [1.82, 2.24) is 20.1 Å². The van der Waals surface area contributed by atoms with Crippen molar-refractivity contribution in [2.45, 2.75) is 20.4 Å². The monoisotopic (exact) mass is 339 g/mol. The van der Waals surface area contributed by atoms with Gasteiger partial charge in [0.1, 0.15) is 12.0 Å². The minimum Gasteiger partial charge on any atom is -0.449 e. The predicted octanol–water partition coefficient (Wildman–Crippen LogP) is 3.30. The quantitative estimate of drug-likeness (QED) is 0.721. The Morgan fingerprint density at radius 3 is 2.76 bits per heavy atom. The Labute approximate surface area is 146 Å². The molecule has 1 aromatic carbocycles. The summed E-state index contributed by atoms with van der Waals surface area (Å²) in [6, 6.07) is 9.13. The van der Waals surface area contributed by atoms with Crippen LogP contribution in [0.25, 0.3) is 11.3 Å². The summed E-state index contributed by atoms with van der Waals surface area (Å²) < 4.78 is 7.06. The van der Waals surface area contributed by atoms with Gasteiger partial charge in [0.05, 0.1) is 0 Å². The maximum Gasteiger partial charge on any atom is 0.319 e. The maximum atomic E-state index is 12.0. The summed E-state index contributed by atoms with van der Waals surface area (Å²) in [6.07, 6.45) is 5.27. The van der Waals surface area contributed by atoms with Crippen molar-refractivity contribution in [2.24, 2.45) is 5.92 Å². The molecule has 0 aliphatic rings. The fourth-order valence-corrected chi connectivity index (χ4v) is 2.45. The van der Waals surface area contributed by atoms with Gasteiger partial charge in [-0.2, -0.15) is 5.10 Å². The van der Waals surface area contributed by atoms with Crippen LogP contribution in [0.15, 0.2) is 53.4 Å². The Balaban J connectivity index is 1.47. The third-order valence-electron chi connectivity index (χ3n) is 3.73. The fourth-order valence-electron chi connectivity index (χ4n) is 2.45. The average molecular weight is 339 g/mol. The average Bonchev–Trinajstić information content (AvgIpc) is 3.25. The highest BCUT2D eigenvalue weighted by Gasteiger charge is 2.08. The third-order valence-corrected chi connectivity index (χ3v) is 3.73. The summed E-state index contributed by atoms with van der Waals surface area (Å²) in [5, 5.41) is 9.86. The van der Waals surface area contributed by atoms with Gasteiger partial charge in [-0.1, -0.05) is 19.1 Å². The molecule has 25 heavy (non-hydrogen) atoms. The van der Waals surface area contributed by atoms with Crippen LogP contribution in [0.5, 0.6) is 0 Å². The molecule has 0 unspecified atom stereocenters. The van der Waals surface area contributed by atoms with E-state index in [4.69, 9.17) is 4.42 Å². The zero-order valence-electron chi connectivity index (χ0n) is 14.3. The van der Waals surface area contributed by atoms with E-state index in [1.165, 1.54) is 0 Å². The molecule has 0 radical (unpaired) electrons. The Kier molecular flexibility index (Phi) is 5.13. The van der Waals surface area contributed by atoms with Gasteiger partial charge in [0, 0.05) is 43.7 Å². The van der Waals surface area contributed by atoms with Crippen LogP contribution in [0.1, 0.15) is 12.8 Å². The molecule has 1 atom stereocenters. The molecular weight excluding hydrogens is 318 g/mol. The molecular formula is C18H21N5O2. The SMILES string of the molecule is Cc1nc(-c2ccc(NC(=O)NC[C@@H](C)Cn3cccn3)cc2)co1. The van der Waals surface area contributed by atoms with Gasteiger partial charge in [-0.3, -0.25) is 4.68 Å². The molecule has 7 nitrogen and oxygen atoms in total. The molecule has 0 fully saturated rings.